The van der Waals surface area contributed by atoms with Gasteiger partial charge in [0, 0.05) is 49.3 Å². The summed E-state index contributed by atoms with van der Waals surface area (Å²) < 4.78 is 0. The van der Waals surface area contributed by atoms with Crippen molar-refractivity contribution in [2.45, 2.75) is 13.3 Å². The average molecular weight is 458 g/mol. The maximum Gasteiger partial charge on any atom is 0.247 e. The number of para-hydroxylation sites is 2. The maximum atomic E-state index is 11.8. The van der Waals surface area contributed by atoms with Gasteiger partial charge < -0.3 is 25.8 Å². The molecule has 2 heterocycles. The Hall–Kier alpha value is -3.91. The number of aromatic nitrogens is 2. The third-order valence-corrected chi connectivity index (χ3v) is 5.86. The zero-order valence-electron chi connectivity index (χ0n) is 19.7. The second-order valence-corrected chi connectivity index (χ2v) is 8.25. The molecule has 0 saturated carbocycles. The smallest absolute Gasteiger partial charge is 0.247 e. The van der Waals surface area contributed by atoms with Crippen molar-refractivity contribution < 1.29 is 4.79 Å². The van der Waals surface area contributed by atoms with Gasteiger partial charge in [0.25, 0.3) is 0 Å². The molecule has 2 aromatic carbocycles. The number of amides is 1. The average Bonchev–Trinajstić information content (AvgIpc) is 2.86. The second kappa shape index (κ2) is 10.8. The van der Waals surface area contributed by atoms with E-state index in [0.717, 1.165) is 49.5 Å². The first kappa shape index (κ1) is 23.3. The van der Waals surface area contributed by atoms with E-state index >= 15 is 0 Å². The van der Waals surface area contributed by atoms with Gasteiger partial charge in [-0.25, -0.2) is 4.98 Å². The molecular weight excluding hydrogens is 426 g/mol. The van der Waals surface area contributed by atoms with Crippen LogP contribution in [0.25, 0.3) is 0 Å². The van der Waals surface area contributed by atoms with Gasteiger partial charge >= 0.3 is 0 Å². The Bertz CT molecular complexity index is 1140. The van der Waals surface area contributed by atoms with Gasteiger partial charge in [-0.1, -0.05) is 25.6 Å². The van der Waals surface area contributed by atoms with E-state index in [0.29, 0.717) is 17.5 Å². The van der Waals surface area contributed by atoms with E-state index in [-0.39, 0.29) is 5.91 Å². The van der Waals surface area contributed by atoms with Crippen molar-refractivity contribution >= 4 is 40.4 Å². The molecule has 1 saturated heterocycles. The van der Waals surface area contributed by atoms with Gasteiger partial charge in [0.05, 0.1) is 11.4 Å². The van der Waals surface area contributed by atoms with E-state index in [2.05, 4.69) is 75.5 Å². The molecule has 1 aliphatic heterocycles. The zero-order chi connectivity index (χ0) is 23.9. The number of carbonyl (C=O) groups excluding carboxylic acids is 1. The molecule has 0 unspecified atom stereocenters. The minimum Gasteiger partial charge on any atom is -0.369 e. The van der Waals surface area contributed by atoms with Crippen LogP contribution in [0.3, 0.4) is 0 Å². The molecule has 4 rings (SSSR count). The number of piperazine rings is 1. The lowest BCUT2D eigenvalue weighted by Crippen LogP contribution is -2.44. The molecule has 0 radical (unpaired) electrons. The molecule has 1 aromatic heterocycles. The molecular formula is C26H31N7O. The highest BCUT2D eigenvalue weighted by atomic mass is 16.1. The lowest BCUT2D eigenvalue weighted by Gasteiger charge is -2.34. The van der Waals surface area contributed by atoms with Crippen LogP contribution in [0.4, 0.5) is 34.5 Å². The molecule has 176 valence electrons. The molecule has 0 aliphatic carbocycles. The number of nitrogens with one attached hydrogen (secondary N) is 3. The van der Waals surface area contributed by atoms with Crippen LogP contribution >= 0.6 is 0 Å². The topological polar surface area (TPSA) is 85.4 Å². The van der Waals surface area contributed by atoms with Crippen LogP contribution < -0.4 is 20.9 Å². The summed E-state index contributed by atoms with van der Waals surface area (Å²) in [5.74, 6) is 0.920. The van der Waals surface area contributed by atoms with Crippen LogP contribution in [0.15, 0.2) is 67.4 Å². The van der Waals surface area contributed by atoms with Crippen molar-refractivity contribution in [3.8, 4) is 0 Å². The first-order valence-corrected chi connectivity index (χ1v) is 11.5. The van der Waals surface area contributed by atoms with Crippen LogP contribution in [-0.2, 0) is 11.2 Å². The standard InChI is InChI=1S/C26H31N7O/c1-4-19-18-27-26(28-20-10-12-21(13-11-20)33-16-14-32(3)15-17-33)31-25(19)30-23-9-7-6-8-22(23)29-24(34)5-2/h5-13,18H,2,4,14-17H2,1,3H3,(H,29,34)(H2,27,28,30,31). The number of carbonyl (C=O) groups is 1. The number of anilines is 6. The van der Waals surface area contributed by atoms with Crippen molar-refractivity contribution in [1.29, 1.82) is 0 Å². The maximum absolute atomic E-state index is 11.8. The Morgan fingerprint density at radius 2 is 1.74 bits per heavy atom. The van der Waals surface area contributed by atoms with E-state index in [1.165, 1.54) is 11.8 Å². The highest BCUT2D eigenvalue weighted by molar-refractivity contribution is 6.01. The van der Waals surface area contributed by atoms with Crippen molar-refractivity contribution in [1.82, 2.24) is 14.9 Å². The fraction of sp³-hybridized carbons (Fsp3) is 0.269. The Labute approximate surface area is 200 Å². The number of aryl methyl sites for hydroxylation is 1. The molecule has 1 aliphatic rings. The van der Waals surface area contributed by atoms with Crippen molar-refractivity contribution in [2.24, 2.45) is 0 Å². The summed E-state index contributed by atoms with van der Waals surface area (Å²) in [5, 5.41) is 9.48. The largest absolute Gasteiger partial charge is 0.369 e. The number of hydrogen-bond donors (Lipinski definition) is 3. The quantitative estimate of drug-likeness (QED) is 0.432. The lowest BCUT2D eigenvalue weighted by atomic mass is 10.2. The second-order valence-electron chi connectivity index (χ2n) is 8.25. The molecule has 0 spiro atoms. The van der Waals surface area contributed by atoms with E-state index in [4.69, 9.17) is 4.98 Å². The predicted octanol–water partition coefficient (Wildman–Crippen LogP) is 4.40. The van der Waals surface area contributed by atoms with E-state index < -0.39 is 0 Å². The zero-order valence-corrected chi connectivity index (χ0v) is 19.7. The van der Waals surface area contributed by atoms with Crippen LogP contribution in [0, 0.1) is 0 Å². The highest BCUT2D eigenvalue weighted by Crippen LogP contribution is 2.28. The normalized spacial score (nSPS) is 13.9. The van der Waals surface area contributed by atoms with Gasteiger partial charge in [-0.15, -0.1) is 0 Å². The van der Waals surface area contributed by atoms with Gasteiger partial charge in [0.1, 0.15) is 5.82 Å². The Kier molecular flexibility index (Phi) is 7.39. The number of hydrogen-bond acceptors (Lipinski definition) is 7. The molecule has 1 amide bonds. The molecule has 0 atom stereocenters. The minimum atomic E-state index is -0.268. The third-order valence-electron chi connectivity index (χ3n) is 5.86. The number of nitrogens with zero attached hydrogens (tertiary/aromatic N) is 4. The van der Waals surface area contributed by atoms with Gasteiger partial charge in [-0.2, -0.15) is 4.98 Å². The first-order chi connectivity index (χ1) is 16.6. The van der Waals surface area contributed by atoms with Crippen LogP contribution in [0.5, 0.6) is 0 Å². The highest BCUT2D eigenvalue weighted by Gasteiger charge is 2.14. The molecule has 3 N–H and O–H groups in total. The number of likely N-dealkylation sites (N-methyl/N-ethyl adjacent to an activating group) is 1. The Balaban J connectivity index is 1.50. The molecule has 34 heavy (non-hydrogen) atoms. The summed E-state index contributed by atoms with van der Waals surface area (Å²) in [6.07, 6.45) is 3.83. The monoisotopic (exact) mass is 457 g/mol. The summed E-state index contributed by atoms with van der Waals surface area (Å²) >= 11 is 0. The van der Waals surface area contributed by atoms with Gasteiger partial charge in [0.15, 0.2) is 0 Å². The predicted molar refractivity (Wildman–Crippen MR) is 139 cm³/mol. The Morgan fingerprint density at radius 3 is 2.41 bits per heavy atom. The van der Waals surface area contributed by atoms with Gasteiger partial charge in [-0.3, -0.25) is 4.79 Å². The van der Waals surface area contributed by atoms with Gasteiger partial charge in [0.2, 0.25) is 11.9 Å². The van der Waals surface area contributed by atoms with Crippen molar-refractivity contribution in [3.05, 3.63) is 72.9 Å². The summed E-state index contributed by atoms with van der Waals surface area (Å²) in [6, 6.07) is 15.9. The molecule has 3 aromatic rings. The van der Waals surface area contributed by atoms with E-state index in [9.17, 15) is 4.79 Å². The summed E-state index contributed by atoms with van der Waals surface area (Å²) in [4.78, 5) is 25.8. The van der Waals surface area contributed by atoms with E-state index in [1.54, 1.807) is 0 Å². The van der Waals surface area contributed by atoms with E-state index in [1.807, 2.05) is 30.5 Å². The first-order valence-electron chi connectivity index (χ1n) is 11.5. The number of benzene rings is 2. The minimum absolute atomic E-state index is 0.268. The van der Waals surface area contributed by atoms with Crippen LogP contribution in [0.2, 0.25) is 0 Å². The van der Waals surface area contributed by atoms with Crippen molar-refractivity contribution in [2.75, 3.05) is 54.1 Å². The lowest BCUT2D eigenvalue weighted by molar-refractivity contribution is -0.111. The fourth-order valence-electron chi connectivity index (χ4n) is 3.80. The van der Waals surface area contributed by atoms with Crippen LogP contribution in [-0.4, -0.2) is 54.0 Å². The SMILES string of the molecule is C=CC(=O)Nc1ccccc1Nc1nc(Nc2ccc(N3CCN(C)CC3)cc2)ncc1CC. The van der Waals surface area contributed by atoms with Crippen molar-refractivity contribution in [3.63, 3.8) is 0 Å². The fourth-order valence-corrected chi connectivity index (χ4v) is 3.80. The Morgan fingerprint density at radius 1 is 1.03 bits per heavy atom. The molecule has 8 nitrogen and oxygen atoms in total. The molecule has 0 bridgehead atoms. The van der Waals surface area contributed by atoms with Gasteiger partial charge in [-0.05, 0) is 55.9 Å². The van der Waals surface area contributed by atoms with Crippen LogP contribution in [0.1, 0.15) is 12.5 Å². The summed E-state index contributed by atoms with van der Waals surface area (Å²) in [6.45, 7) is 9.80. The third kappa shape index (κ3) is 5.71. The molecule has 1 fully saturated rings. The number of rotatable bonds is 8. The molecule has 8 heteroatoms. The summed E-state index contributed by atoms with van der Waals surface area (Å²) in [5.41, 5.74) is 4.52. The summed E-state index contributed by atoms with van der Waals surface area (Å²) in [7, 11) is 2.16.